The van der Waals surface area contributed by atoms with Gasteiger partial charge in [-0.1, -0.05) is 19.1 Å². The number of hydrogen-bond donors (Lipinski definition) is 1. The van der Waals surface area contributed by atoms with Crippen LogP contribution < -0.4 is 0 Å². The number of esters is 1. The molecular weight excluding hydrogens is 279 g/mol. The molecule has 0 aliphatic rings. The van der Waals surface area contributed by atoms with E-state index in [9.17, 15) is 18.0 Å². The second-order valence-electron chi connectivity index (χ2n) is 4.44. The smallest absolute Gasteiger partial charge is 0.416 e. The van der Waals surface area contributed by atoms with Crippen LogP contribution in [0.1, 0.15) is 42.9 Å². The predicted octanol–water partition coefficient (Wildman–Crippen LogP) is 1.50. The molecule has 6 nitrogen and oxygen atoms in total. The number of aliphatic hydroxyl groups is 1. The Morgan fingerprint density at radius 2 is 2.05 bits per heavy atom. The van der Waals surface area contributed by atoms with E-state index in [1.54, 1.807) is 20.8 Å². The first-order valence-electron chi connectivity index (χ1n) is 6.03. The lowest BCUT2D eigenvalue weighted by molar-refractivity contribution is -0.208. The molecule has 114 valence electrons. The summed E-state index contributed by atoms with van der Waals surface area (Å²) in [6.07, 6.45) is -7.33. The van der Waals surface area contributed by atoms with Gasteiger partial charge in [-0.05, 0) is 12.8 Å². The van der Waals surface area contributed by atoms with Gasteiger partial charge in [0.1, 0.15) is 0 Å². The number of alkyl halides is 3. The van der Waals surface area contributed by atoms with Crippen LogP contribution in [0.15, 0.2) is 0 Å². The molecule has 1 rings (SSSR count). The standard InChI is InChI=1S/C11H16F3N3O3/c1-4-20-10(19)8-9(6(2)3)17(16-15-8)5-7(18)11(12,13)14/h6-7,18H,4-5H2,1-3H3. The molecule has 0 amide bonds. The lowest BCUT2D eigenvalue weighted by Gasteiger charge is -2.16. The van der Waals surface area contributed by atoms with E-state index < -0.39 is 24.8 Å². The molecule has 20 heavy (non-hydrogen) atoms. The van der Waals surface area contributed by atoms with Crippen LogP contribution in [0.4, 0.5) is 13.2 Å². The van der Waals surface area contributed by atoms with Crippen molar-refractivity contribution in [2.45, 2.75) is 45.5 Å². The maximum absolute atomic E-state index is 12.4. The van der Waals surface area contributed by atoms with Crippen molar-refractivity contribution in [3.8, 4) is 0 Å². The lowest BCUT2D eigenvalue weighted by atomic mass is 10.1. The average molecular weight is 295 g/mol. The Hall–Kier alpha value is -1.64. The summed E-state index contributed by atoms with van der Waals surface area (Å²) in [5.41, 5.74) is 0.0722. The second-order valence-corrected chi connectivity index (χ2v) is 4.44. The molecule has 0 aromatic carbocycles. The van der Waals surface area contributed by atoms with Crippen molar-refractivity contribution in [1.29, 1.82) is 0 Å². The zero-order valence-electron chi connectivity index (χ0n) is 11.3. The van der Waals surface area contributed by atoms with Gasteiger partial charge in [-0.25, -0.2) is 9.48 Å². The third-order valence-electron chi connectivity index (χ3n) is 2.51. The highest BCUT2D eigenvalue weighted by molar-refractivity contribution is 5.88. The fraction of sp³-hybridized carbons (Fsp3) is 0.727. The maximum Gasteiger partial charge on any atom is 0.416 e. The third kappa shape index (κ3) is 3.69. The molecule has 1 aromatic heterocycles. The molecule has 0 radical (unpaired) electrons. The van der Waals surface area contributed by atoms with Gasteiger partial charge in [-0.2, -0.15) is 13.2 Å². The number of nitrogens with zero attached hydrogens (tertiary/aromatic N) is 3. The molecule has 0 fully saturated rings. The van der Waals surface area contributed by atoms with Crippen LogP contribution in [0.5, 0.6) is 0 Å². The van der Waals surface area contributed by atoms with Crippen molar-refractivity contribution in [1.82, 2.24) is 15.0 Å². The first-order chi connectivity index (χ1) is 9.18. The number of ether oxygens (including phenoxy) is 1. The number of carbonyl (C=O) groups excluding carboxylic acids is 1. The van der Waals surface area contributed by atoms with E-state index in [0.29, 0.717) is 0 Å². The highest BCUT2D eigenvalue weighted by Crippen LogP contribution is 2.24. The fourth-order valence-electron chi connectivity index (χ4n) is 1.64. The summed E-state index contributed by atoms with van der Waals surface area (Å²) in [6.45, 7) is 4.26. The molecule has 1 aromatic rings. The van der Waals surface area contributed by atoms with E-state index in [2.05, 4.69) is 10.3 Å². The molecular formula is C11H16F3N3O3. The van der Waals surface area contributed by atoms with Crippen molar-refractivity contribution in [2.75, 3.05) is 6.61 Å². The van der Waals surface area contributed by atoms with E-state index in [0.717, 1.165) is 4.68 Å². The van der Waals surface area contributed by atoms with E-state index >= 15 is 0 Å². The summed E-state index contributed by atoms with van der Waals surface area (Å²) in [5.74, 6) is -1.05. The van der Waals surface area contributed by atoms with E-state index in [4.69, 9.17) is 9.84 Å². The highest BCUT2D eigenvalue weighted by atomic mass is 19.4. The molecule has 1 heterocycles. The fourth-order valence-corrected chi connectivity index (χ4v) is 1.64. The first kappa shape index (κ1) is 16.4. The Morgan fingerprint density at radius 1 is 1.45 bits per heavy atom. The molecule has 1 unspecified atom stereocenters. The zero-order chi connectivity index (χ0) is 15.5. The summed E-state index contributed by atoms with van der Waals surface area (Å²) < 4.78 is 42.7. The zero-order valence-corrected chi connectivity index (χ0v) is 11.3. The second kappa shape index (κ2) is 6.21. The van der Waals surface area contributed by atoms with Crippen LogP contribution >= 0.6 is 0 Å². The van der Waals surface area contributed by atoms with Gasteiger partial charge in [0.05, 0.1) is 18.8 Å². The van der Waals surface area contributed by atoms with E-state index in [1.165, 1.54) is 0 Å². The van der Waals surface area contributed by atoms with Gasteiger partial charge < -0.3 is 9.84 Å². The monoisotopic (exact) mass is 295 g/mol. The van der Waals surface area contributed by atoms with Gasteiger partial charge in [-0.3, -0.25) is 0 Å². The molecule has 9 heteroatoms. The first-order valence-corrected chi connectivity index (χ1v) is 6.03. The van der Waals surface area contributed by atoms with Crippen molar-refractivity contribution in [3.05, 3.63) is 11.4 Å². The van der Waals surface area contributed by atoms with Crippen LogP contribution in [0.2, 0.25) is 0 Å². The summed E-state index contributed by atoms with van der Waals surface area (Å²) in [7, 11) is 0. The third-order valence-corrected chi connectivity index (χ3v) is 2.51. The number of aromatic nitrogens is 3. The number of rotatable bonds is 5. The molecule has 0 aliphatic carbocycles. The average Bonchev–Trinajstić information content (AvgIpc) is 2.71. The van der Waals surface area contributed by atoms with Crippen molar-refractivity contribution < 1.29 is 27.8 Å². The summed E-state index contributed by atoms with van der Waals surface area (Å²) in [6, 6.07) is 0. The van der Waals surface area contributed by atoms with Crippen molar-refractivity contribution >= 4 is 5.97 Å². The molecule has 1 atom stereocenters. The molecule has 0 bridgehead atoms. The molecule has 0 saturated carbocycles. The molecule has 1 N–H and O–H groups in total. The minimum absolute atomic E-state index is 0.119. The van der Waals surface area contributed by atoms with Gasteiger partial charge >= 0.3 is 12.1 Å². The largest absolute Gasteiger partial charge is 0.461 e. The van der Waals surface area contributed by atoms with Gasteiger partial charge in [0.2, 0.25) is 0 Å². The van der Waals surface area contributed by atoms with Gasteiger partial charge in [0, 0.05) is 0 Å². The van der Waals surface area contributed by atoms with Gasteiger partial charge in [-0.15, -0.1) is 5.10 Å². The van der Waals surface area contributed by atoms with Crippen LogP contribution in [0.25, 0.3) is 0 Å². The van der Waals surface area contributed by atoms with Gasteiger partial charge in [0.25, 0.3) is 0 Å². The number of hydrogen-bond acceptors (Lipinski definition) is 5. The maximum atomic E-state index is 12.4. The van der Waals surface area contributed by atoms with Crippen LogP contribution in [0, 0.1) is 0 Å². The SMILES string of the molecule is CCOC(=O)c1nnn(CC(O)C(F)(F)F)c1C(C)C. The summed E-state index contributed by atoms with van der Waals surface area (Å²) in [4.78, 5) is 11.6. The van der Waals surface area contributed by atoms with Crippen LogP contribution in [-0.2, 0) is 11.3 Å². The molecule has 0 aliphatic heterocycles. The lowest BCUT2D eigenvalue weighted by Crippen LogP contribution is -2.33. The van der Waals surface area contributed by atoms with Crippen molar-refractivity contribution in [2.24, 2.45) is 0 Å². The number of carbonyl (C=O) groups is 1. The minimum Gasteiger partial charge on any atom is -0.461 e. The summed E-state index contributed by atoms with van der Waals surface area (Å²) in [5, 5.41) is 16.1. The quantitative estimate of drug-likeness (QED) is 0.833. The number of aliphatic hydroxyl groups excluding tert-OH is 1. The Kier molecular flexibility index (Phi) is 5.09. The highest BCUT2D eigenvalue weighted by Gasteiger charge is 2.39. The van der Waals surface area contributed by atoms with Crippen LogP contribution in [0.3, 0.4) is 0 Å². The topological polar surface area (TPSA) is 77.2 Å². The van der Waals surface area contributed by atoms with E-state index in [-0.39, 0.29) is 23.9 Å². The summed E-state index contributed by atoms with van der Waals surface area (Å²) >= 11 is 0. The Balaban J connectivity index is 3.07. The molecule has 0 saturated heterocycles. The Morgan fingerprint density at radius 3 is 2.50 bits per heavy atom. The number of halogens is 3. The van der Waals surface area contributed by atoms with E-state index in [1.807, 2.05) is 0 Å². The van der Waals surface area contributed by atoms with Gasteiger partial charge in [0.15, 0.2) is 11.8 Å². The van der Waals surface area contributed by atoms with Crippen LogP contribution in [-0.4, -0.2) is 45.0 Å². The normalized spacial score (nSPS) is 13.6. The Bertz CT molecular complexity index is 471. The predicted molar refractivity (Wildman–Crippen MR) is 62.1 cm³/mol. The minimum atomic E-state index is -4.76. The van der Waals surface area contributed by atoms with Crippen molar-refractivity contribution in [3.63, 3.8) is 0 Å². The Labute approximate surface area is 113 Å². The molecule has 0 spiro atoms.